The molecular formula is C14H12Cl2N2O2S. The molecule has 110 valence electrons. The third-order valence-corrected chi connectivity index (χ3v) is 4.46. The van der Waals surface area contributed by atoms with Crippen LogP contribution in [-0.2, 0) is 21.3 Å². The highest BCUT2D eigenvalue weighted by Gasteiger charge is 2.10. The van der Waals surface area contributed by atoms with Gasteiger partial charge in [-0.05, 0) is 30.3 Å². The number of hydrogen-bond acceptors (Lipinski definition) is 3. The van der Waals surface area contributed by atoms with E-state index in [-0.39, 0.29) is 11.7 Å². The van der Waals surface area contributed by atoms with E-state index in [0.29, 0.717) is 26.3 Å². The maximum atomic E-state index is 12.3. The summed E-state index contributed by atoms with van der Waals surface area (Å²) < 4.78 is 12.3. The lowest BCUT2D eigenvalue weighted by atomic mass is 10.3. The molecule has 0 spiro atoms. The number of carbonyl (C=O) groups is 1. The predicted octanol–water partition coefficient (Wildman–Crippen LogP) is 3.65. The van der Waals surface area contributed by atoms with Crippen molar-refractivity contribution < 1.29 is 9.00 Å². The van der Waals surface area contributed by atoms with E-state index < -0.39 is 10.8 Å². The van der Waals surface area contributed by atoms with Crippen LogP contribution < -0.4 is 5.32 Å². The number of rotatable bonds is 4. The average Bonchev–Trinajstić information content (AvgIpc) is 2.42. The highest BCUT2D eigenvalue weighted by Crippen LogP contribution is 2.22. The number of pyridine rings is 1. The Labute approximate surface area is 134 Å². The highest BCUT2D eigenvalue weighted by atomic mass is 35.5. The lowest BCUT2D eigenvalue weighted by Crippen LogP contribution is -2.06. The predicted molar refractivity (Wildman–Crippen MR) is 85.1 cm³/mol. The molecule has 4 nitrogen and oxygen atoms in total. The van der Waals surface area contributed by atoms with Gasteiger partial charge in [-0.15, -0.1) is 0 Å². The average molecular weight is 343 g/mol. The Morgan fingerprint density at radius 2 is 1.95 bits per heavy atom. The zero-order valence-electron chi connectivity index (χ0n) is 11.1. The number of nitrogens with one attached hydrogen (secondary N) is 1. The molecule has 21 heavy (non-hydrogen) atoms. The van der Waals surface area contributed by atoms with Gasteiger partial charge in [0.2, 0.25) is 5.91 Å². The van der Waals surface area contributed by atoms with E-state index in [2.05, 4.69) is 10.3 Å². The summed E-state index contributed by atoms with van der Waals surface area (Å²) in [5, 5.41) is 3.48. The number of anilines is 1. The number of nitrogens with zero attached hydrogens (tertiary/aromatic N) is 1. The van der Waals surface area contributed by atoms with Crippen LogP contribution in [0, 0.1) is 0 Å². The quantitative estimate of drug-likeness (QED) is 0.922. The SMILES string of the molecule is CC(=O)Nc1ccc([S@](=O)Cc2ncc(Cl)cc2Cl)cc1. The molecule has 2 rings (SSSR count). The Morgan fingerprint density at radius 3 is 2.52 bits per heavy atom. The molecule has 0 saturated carbocycles. The van der Waals surface area contributed by atoms with Crippen LogP contribution in [0.2, 0.25) is 10.0 Å². The molecule has 0 aliphatic heterocycles. The van der Waals surface area contributed by atoms with Crippen LogP contribution >= 0.6 is 23.2 Å². The lowest BCUT2D eigenvalue weighted by molar-refractivity contribution is -0.114. The van der Waals surface area contributed by atoms with Crippen LogP contribution in [0.1, 0.15) is 12.6 Å². The molecule has 0 radical (unpaired) electrons. The van der Waals surface area contributed by atoms with Crippen LogP contribution in [0.4, 0.5) is 5.69 Å². The molecule has 1 aromatic carbocycles. The van der Waals surface area contributed by atoms with Gasteiger partial charge in [-0.3, -0.25) is 14.0 Å². The van der Waals surface area contributed by atoms with Crippen molar-refractivity contribution in [1.82, 2.24) is 4.98 Å². The summed E-state index contributed by atoms with van der Waals surface area (Å²) in [4.78, 5) is 15.7. The first-order valence-electron chi connectivity index (χ1n) is 6.01. The zero-order valence-corrected chi connectivity index (χ0v) is 13.4. The van der Waals surface area contributed by atoms with Crippen LogP contribution in [0.5, 0.6) is 0 Å². The largest absolute Gasteiger partial charge is 0.326 e. The summed E-state index contributed by atoms with van der Waals surface area (Å²) in [6.45, 7) is 1.43. The van der Waals surface area contributed by atoms with E-state index in [1.807, 2.05) is 0 Å². The minimum absolute atomic E-state index is 0.152. The molecule has 1 aromatic heterocycles. The molecule has 0 saturated heterocycles. The Hall–Kier alpha value is -1.43. The van der Waals surface area contributed by atoms with Crippen LogP contribution in [0.25, 0.3) is 0 Å². The molecule has 0 aliphatic carbocycles. The minimum Gasteiger partial charge on any atom is -0.326 e. The Morgan fingerprint density at radius 1 is 1.29 bits per heavy atom. The molecule has 0 fully saturated rings. The van der Waals surface area contributed by atoms with Crippen molar-refractivity contribution in [3.8, 4) is 0 Å². The first kappa shape index (κ1) is 15.9. The number of benzene rings is 1. The van der Waals surface area contributed by atoms with Crippen molar-refractivity contribution in [2.45, 2.75) is 17.6 Å². The van der Waals surface area contributed by atoms with Crippen LogP contribution in [0.3, 0.4) is 0 Å². The molecule has 1 amide bonds. The Balaban J connectivity index is 2.11. The summed E-state index contributed by atoms with van der Waals surface area (Å²) in [5.41, 5.74) is 1.19. The zero-order chi connectivity index (χ0) is 15.4. The van der Waals surface area contributed by atoms with Gasteiger partial charge >= 0.3 is 0 Å². The summed E-state index contributed by atoms with van der Waals surface area (Å²) in [6, 6.07) is 8.37. The summed E-state index contributed by atoms with van der Waals surface area (Å²) >= 11 is 11.8. The second kappa shape index (κ2) is 7.02. The molecular weight excluding hydrogens is 331 g/mol. The number of hydrogen-bond donors (Lipinski definition) is 1. The van der Waals surface area contributed by atoms with Gasteiger partial charge in [0.1, 0.15) is 0 Å². The second-order valence-corrected chi connectivity index (χ2v) is 6.57. The standard InChI is InChI=1S/C14H12Cl2N2O2S/c1-9(19)18-11-2-4-12(5-3-11)21(20)8-14-13(16)6-10(15)7-17-14/h2-7H,8H2,1H3,(H,18,19)/t21-/m1/s1. The van der Waals surface area contributed by atoms with Crippen molar-refractivity contribution in [1.29, 1.82) is 0 Å². The lowest BCUT2D eigenvalue weighted by Gasteiger charge is -2.06. The van der Waals surface area contributed by atoms with Gasteiger partial charge in [-0.25, -0.2) is 0 Å². The van der Waals surface area contributed by atoms with E-state index in [4.69, 9.17) is 23.2 Å². The second-order valence-electron chi connectivity index (χ2n) is 4.28. The fourth-order valence-electron chi connectivity index (χ4n) is 1.65. The van der Waals surface area contributed by atoms with Gasteiger partial charge in [0.15, 0.2) is 0 Å². The van der Waals surface area contributed by atoms with Gasteiger partial charge < -0.3 is 5.32 Å². The van der Waals surface area contributed by atoms with Crippen molar-refractivity contribution in [3.63, 3.8) is 0 Å². The molecule has 1 heterocycles. The topological polar surface area (TPSA) is 59.1 Å². The first-order valence-corrected chi connectivity index (χ1v) is 8.09. The van der Waals surface area contributed by atoms with Gasteiger partial charge in [-0.2, -0.15) is 0 Å². The van der Waals surface area contributed by atoms with E-state index in [9.17, 15) is 9.00 Å². The third kappa shape index (κ3) is 4.52. The van der Waals surface area contributed by atoms with Crippen LogP contribution in [0.15, 0.2) is 41.4 Å². The van der Waals surface area contributed by atoms with Crippen molar-refractivity contribution in [2.75, 3.05) is 5.32 Å². The third-order valence-electron chi connectivity index (χ3n) is 2.59. The van der Waals surface area contributed by atoms with E-state index in [1.54, 1.807) is 30.3 Å². The van der Waals surface area contributed by atoms with Gasteiger partial charge in [0.05, 0.1) is 32.3 Å². The van der Waals surface area contributed by atoms with Crippen molar-refractivity contribution >= 4 is 45.6 Å². The fourth-order valence-corrected chi connectivity index (χ4v) is 3.26. The maximum absolute atomic E-state index is 12.3. The van der Waals surface area contributed by atoms with Gasteiger partial charge in [-0.1, -0.05) is 23.2 Å². The van der Waals surface area contributed by atoms with E-state index in [0.717, 1.165) is 0 Å². The van der Waals surface area contributed by atoms with E-state index >= 15 is 0 Å². The Kier molecular flexibility index (Phi) is 5.33. The highest BCUT2D eigenvalue weighted by molar-refractivity contribution is 7.84. The monoisotopic (exact) mass is 342 g/mol. The van der Waals surface area contributed by atoms with E-state index in [1.165, 1.54) is 13.1 Å². The molecule has 0 bridgehead atoms. The smallest absolute Gasteiger partial charge is 0.221 e. The number of halogens is 2. The summed E-state index contributed by atoms with van der Waals surface area (Å²) in [5.74, 6) is 0.0520. The normalized spacial score (nSPS) is 12.0. The van der Waals surface area contributed by atoms with Gasteiger partial charge in [0.25, 0.3) is 0 Å². The summed E-state index contributed by atoms with van der Waals surface area (Å²) in [6.07, 6.45) is 1.47. The first-order chi connectivity index (χ1) is 9.95. The molecule has 2 aromatic rings. The molecule has 1 N–H and O–H groups in total. The Bertz CT molecular complexity index is 690. The fraction of sp³-hybridized carbons (Fsp3) is 0.143. The molecule has 1 atom stereocenters. The molecule has 0 unspecified atom stereocenters. The number of aromatic nitrogens is 1. The number of amides is 1. The van der Waals surface area contributed by atoms with Crippen molar-refractivity contribution in [2.24, 2.45) is 0 Å². The number of carbonyl (C=O) groups excluding carboxylic acids is 1. The minimum atomic E-state index is -1.27. The van der Waals surface area contributed by atoms with Crippen LogP contribution in [-0.4, -0.2) is 15.1 Å². The van der Waals surface area contributed by atoms with Gasteiger partial charge in [0, 0.05) is 23.7 Å². The molecule has 0 aliphatic rings. The van der Waals surface area contributed by atoms with Crippen molar-refractivity contribution in [3.05, 3.63) is 52.3 Å². The summed E-state index contributed by atoms with van der Waals surface area (Å²) in [7, 11) is -1.27. The maximum Gasteiger partial charge on any atom is 0.221 e. The molecule has 7 heteroatoms.